The Morgan fingerprint density at radius 3 is 2.17 bits per heavy atom. The molecule has 2 rings (SSSR count). The van der Waals surface area contributed by atoms with Gasteiger partial charge in [0.2, 0.25) is 11.7 Å². The van der Waals surface area contributed by atoms with Crippen LogP contribution in [-0.4, -0.2) is 46.2 Å². The Balaban J connectivity index is 2.09. The van der Waals surface area contributed by atoms with Crippen molar-refractivity contribution in [2.75, 3.05) is 45.1 Å². The van der Waals surface area contributed by atoms with E-state index in [1.807, 2.05) is 19.9 Å². The third-order valence-electron chi connectivity index (χ3n) is 4.22. The van der Waals surface area contributed by atoms with Crippen molar-refractivity contribution >= 4 is 23.2 Å². The molecule has 0 aromatic heterocycles. The lowest BCUT2D eigenvalue weighted by Gasteiger charge is -2.15. The van der Waals surface area contributed by atoms with Crippen LogP contribution in [0.4, 0.5) is 11.4 Å². The number of hydrogen-bond donors (Lipinski definition) is 3. The molecule has 0 bridgehead atoms. The normalized spacial score (nSPS) is 10.1. The average Bonchev–Trinajstić information content (AvgIpc) is 2.72. The van der Waals surface area contributed by atoms with E-state index in [9.17, 15) is 9.59 Å². The van der Waals surface area contributed by atoms with Crippen LogP contribution in [-0.2, 0) is 4.79 Å². The number of carbonyl (C=O) groups excluding carboxylic acids is 2. The van der Waals surface area contributed by atoms with Gasteiger partial charge in [-0.2, -0.15) is 0 Å². The van der Waals surface area contributed by atoms with E-state index < -0.39 is 0 Å². The van der Waals surface area contributed by atoms with Gasteiger partial charge in [0.05, 0.1) is 27.9 Å². The van der Waals surface area contributed by atoms with Gasteiger partial charge in [-0.1, -0.05) is 6.07 Å². The van der Waals surface area contributed by atoms with Gasteiger partial charge in [0, 0.05) is 35.6 Å². The first-order valence-electron chi connectivity index (χ1n) is 9.16. The molecule has 8 nitrogen and oxygen atoms in total. The van der Waals surface area contributed by atoms with Crippen LogP contribution < -0.4 is 30.2 Å². The summed E-state index contributed by atoms with van der Waals surface area (Å²) in [6.45, 7) is 4.34. The highest BCUT2D eigenvalue weighted by atomic mass is 16.5. The number of anilines is 2. The van der Waals surface area contributed by atoms with Crippen LogP contribution in [0, 0.1) is 6.92 Å². The molecule has 2 aromatic rings. The molecule has 0 unspecified atom stereocenters. The van der Waals surface area contributed by atoms with E-state index >= 15 is 0 Å². The minimum absolute atomic E-state index is 0.0242. The molecule has 0 aliphatic carbocycles. The van der Waals surface area contributed by atoms with Crippen LogP contribution in [0.3, 0.4) is 0 Å². The summed E-state index contributed by atoms with van der Waals surface area (Å²) in [5.74, 6) is 0.921. The lowest BCUT2D eigenvalue weighted by Crippen LogP contribution is -2.24. The fourth-order valence-corrected chi connectivity index (χ4v) is 2.75. The summed E-state index contributed by atoms with van der Waals surface area (Å²) in [4.78, 5) is 24.4. The van der Waals surface area contributed by atoms with Crippen LogP contribution >= 0.6 is 0 Å². The molecule has 0 aliphatic heterocycles. The van der Waals surface area contributed by atoms with Crippen LogP contribution in [0.5, 0.6) is 17.2 Å². The molecule has 0 radical (unpaired) electrons. The lowest BCUT2D eigenvalue weighted by molar-refractivity contribution is -0.114. The van der Waals surface area contributed by atoms with Crippen molar-refractivity contribution < 1.29 is 23.8 Å². The third kappa shape index (κ3) is 5.54. The van der Waals surface area contributed by atoms with Crippen LogP contribution in [0.1, 0.15) is 22.8 Å². The SMILES string of the molecule is CCNC(=O)c1ccc(C)c(NCC(=O)Nc2cc(OC)c(OC)c(OC)c2)c1. The van der Waals surface area contributed by atoms with Crippen molar-refractivity contribution in [3.8, 4) is 17.2 Å². The van der Waals surface area contributed by atoms with E-state index in [-0.39, 0.29) is 18.4 Å². The van der Waals surface area contributed by atoms with E-state index in [4.69, 9.17) is 14.2 Å². The number of rotatable bonds is 9. The molecule has 29 heavy (non-hydrogen) atoms. The number of nitrogens with one attached hydrogen (secondary N) is 3. The predicted molar refractivity (Wildman–Crippen MR) is 112 cm³/mol. The molecular formula is C21H27N3O5. The quantitative estimate of drug-likeness (QED) is 0.598. The number of carbonyl (C=O) groups is 2. The Morgan fingerprint density at radius 1 is 0.966 bits per heavy atom. The van der Waals surface area contributed by atoms with Crippen molar-refractivity contribution in [1.29, 1.82) is 0 Å². The van der Waals surface area contributed by atoms with Gasteiger partial charge in [-0.15, -0.1) is 0 Å². The summed E-state index contributed by atoms with van der Waals surface area (Å²) in [7, 11) is 4.53. The number of amides is 2. The van der Waals surface area contributed by atoms with Crippen molar-refractivity contribution in [2.24, 2.45) is 0 Å². The average molecular weight is 401 g/mol. The van der Waals surface area contributed by atoms with Crippen LogP contribution in [0.25, 0.3) is 0 Å². The highest BCUT2D eigenvalue weighted by Gasteiger charge is 2.15. The second-order valence-corrected chi connectivity index (χ2v) is 6.20. The molecule has 0 saturated carbocycles. The summed E-state index contributed by atoms with van der Waals surface area (Å²) in [5, 5.41) is 8.62. The Morgan fingerprint density at radius 2 is 1.62 bits per heavy atom. The predicted octanol–water partition coefficient (Wildman–Crippen LogP) is 2.82. The maximum atomic E-state index is 12.4. The van der Waals surface area contributed by atoms with E-state index in [2.05, 4.69) is 16.0 Å². The third-order valence-corrected chi connectivity index (χ3v) is 4.22. The van der Waals surface area contributed by atoms with Crippen molar-refractivity contribution in [3.63, 3.8) is 0 Å². The monoisotopic (exact) mass is 401 g/mol. The van der Waals surface area contributed by atoms with E-state index in [0.717, 1.165) is 5.56 Å². The summed E-state index contributed by atoms with van der Waals surface area (Å²) >= 11 is 0. The molecule has 0 aliphatic rings. The molecule has 3 N–H and O–H groups in total. The Labute approximate surface area is 170 Å². The van der Waals surface area contributed by atoms with Crippen LogP contribution in [0.2, 0.25) is 0 Å². The zero-order chi connectivity index (χ0) is 21.4. The summed E-state index contributed by atoms with van der Waals surface area (Å²) in [6.07, 6.45) is 0. The Kier molecular flexibility index (Phi) is 7.70. The number of aryl methyl sites for hydroxylation is 1. The zero-order valence-corrected chi connectivity index (χ0v) is 17.3. The molecular weight excluding hydrogens is 374 g/mol. The standard InChI is InChI=1S/C21H27N3O5/c1-6-22-21(26)14-8-7-13(2)16(9-14)23-12-19(25)24-15-10-17(27-3)20(29-5)18(11-15)28-4/h7-11,23H,6,12H2,1-5H3,(H,22,26)(H,24,25). The fraction of sp³-hybridized carbons (Fsp3) is 0.333. The number of benzene rings is 2. The van der Waals surface area contributed by atoms with Gasteiger partial charge >= 0.3 is 0 Å². The van der Waals surface area contributed by atoms with Crippen molar-refractivity contribution in [1.82, 2.24) is 5.32 Å². The molecule has 2 amide bonds. The molecule has 2 aromatic carbocycles. The fourth-order valence-electron chi connectivity index (χ4n) is 2.75. The van der Waals surface area contributed by atoms with Gasteiger partial charge in [0.15, 0.2) is 11.5 Å². The van der Waals surface area contributed by atoms with Gasteiger partial charge in [0.25, 0.3) is 5.91 Å². The summed E-state index contributed by atoms with van der Waals surface area (Å²) < 4.78 is 15.9. The molecule has 8 heteroatoms. The van der Waals surface area contributed by atoms with E-state index in [0.29, 0.717) is 40.7 Å². The molecule has 0 heterocycles. The van der Waals surface area contributed by atoms with Gasteiger partial charge in [-0.3, -0.25) is 9.59 Å². The molecule has 0 spiro atoms. The minimum Gasteiger partial charge on any atom is -0.493 e. The second-order valence-electron chi connectivity index (χ2n) is 6.20. The molecule has 0 fully saturated rings. The molecule has 156 valence electrons. The molecule has 0 saturated heterocycles. The van der Waals surface area contributed by atoms with Crippen molar-refractivity contribution in [2.45, 2.75) is 13.8 Å². The second kappa shape index (κ2) is 10.2. The smallest absolute Gasteiger partial charge is 0.251 e. The van der Waals surface area contributed by atoms with Crippen molar-refractivity contribution in [3.05, 3.63) is 41.5 Å². The highest BCUT2D eigenvalue weighted by Crippen LogP contribution is 2.39. The lowest BCUT2D eigenvalue weighted by atomic mass is 10.1. The Bertz CT molecular complexity index is 858. The largest absolute Gasteiger partial charge is 0.493 e. The first-order valence-corrected chi connectivity index (χ1v) is 9.16. The topological polar surface area (TPSA) is 97.9 Å². The van der Waals surface area contributed by atoms with E-state index in [1.54, 1.807) is 24.3 Å². The Hall–Kier alpha value is -3.42. The van der Waals surface area contributed by atoms with Gasteiger partial charge < -0.3 is 30.2 Å². The van der Waals surface area contributed by atoms with E-state index in [1.165, 1.54) is 21.3 Å². The summed E-state index contributed by atoms with van der Waals surface area (Å²) in [5.41, 5.74) is 2.69. The van der Waals surface area contributed by atoms with Gasteiger partial charge in [0.1, 0.15) is 0 Å². The zero-order valence-electron chi connectivity index (χ0n) is 17.3. The number of methoxy groups -OCH3 is 3. The van der Waals surface area contributed by atoms with Gasteiger partial charge in [-0.05, 0) is 31.5 Å². The van der Waals surface area contributed by atoms with Gasteiger partial charge in [-0.25, -0.2) is 0 Å². The molecule has 0 atom stereocenters. The minimum atomic E-state index is -0.262. The number of hydrogen-bond acceptors (Lipinski definition) is 6. The maximum absolute atomic E-state index is 12.4. The first kappa shape index (κ1) is 21.9. The first-order chi connectivity index (χ1) is 13.9. The van der Waals surface area contributed by atoms with Crippen LogP contribution in [0.15, 0.2) is 30.3 Å². The summed E-state index contributed by atoms with van der Waals surface area (Å²) in [6, 6.07) is 8.62. The highest BCUT2D eigenvalue weighted by molar-refractivity contribution is 5.96. The number of ether oxygens (including phenoxy) is 3. The maximum Gasteiger partial charge on any atom is 0.251 e.